The van der Waals surface area contributed by atoms with Crippen molar-refractivity contribution in [3.8, 4) is 5.75 Å². The topological polar surface area (TPSA) is 21.3 Å². The molecule has 1 aliphatic rings. The summed E-state index contributed by atoms with van der Waals surface area (Å²) in [6.45, 7) is 4.45. The van der Waals surface area contributed by atoms with Gasteiger partial charge in [0.2, 0.25) is 0 Å². The Bertz CT molecular complexity index is 457. The lowest BCUT2D eigenvalue weighted by Crippen LogP contribution is -2.31. The Labute approximate surface area is 117 Å². The second-order valence-corrected chi connectivity index (χ2v) is 6.18. The number of ether oxygens (including phenoxy) is 1. The number of rotatable bonds is 3. The molecule has 0 amide bonds. The Hall–Kier alpha value is -1.39. The maximum atomic E-state index is 12.2. The van der Waals surface area contributed by atoms with Gasteiger partial charge in [-0.1, -0.05) is 26.3 Å². The van der Waals surface area contributed by atoms with E-state index in [-0.39, 0.29) is 11.2 Å². The zero-order valence-electron chi connectivity index (χ0n) is 11.8. The van der Waals surface area contributed by atoms with E-state index in [0.717, 1.165) is 19.3 Å². The number of nitrogens with one attached hydrogen (secondary N) is 1. The summed E-state index contributed by atoms with van der Waals surface area (Å²) in [7, 11) is 0. The van der Waals surface area contributed by atoms with Crippen LogP contribution in [0, 0.1) is 5.41 Å². The van der Waals surface area contributed by atoms with Crippen LogP contribution in [0.4, 0.5) is 18.9 Å². The first-order valence-electron chi connectivity index (χ1n) is 6.86. The van der Waals surface area contributed by atoms with Crippen molar-refractivity contribution in [3.63, 3.8) is 0 Å². The average Bonchev–Trinajstić information content (AvgIpc) is 2.25. The monoisotopic (exact) mass is 287 g/mol. The molecular formula is C15H20F3NO. The zero-order chi connectivity index (χ0) is 14.8. The highest BCUT2D eigenvalue weighted by atomic mass is 19.4. The van der Waals surface area contributed by atoms with Crippen molar-refractivity contribution in [2.45, 2.75) is 51.9 Å². The van der Waals surface area contributed by atoms with Crippen LogP contribution in [0.25, 0.3) is 0 Å². The summed E-state index contributed by atoms with van der Waals surface area (Å²) >= 11 is 0. The molecule has 0 spiro atoms. The van der Waals surface area contributed by atoms with E-state index in [1.807, 2.05) is 0 Å². The molecule has 1 aliphatic carbocycles. The number of anilines is 1. The first-order chi connectivity index (χ1) is 9.23. The molecule has 2 rings (SSSR count). The van der Waals surface area contributed by atoms with Gasteiger partial charge in [0.25, 0.3) is 0 Å². The Balaban J connectivity index is 2.01. The third-order valence-corrected chi connectivity index (χ3v) is 3.64. The van der Waals surface area contributed by atoms with Gasteiger partial charge in [0.15, 0.2) is 0 Å². The second kappa shape index (κ2) is 5.54. The van der Waals surface area contributed by atoms with Crippen molar-refractivity contribution in [2.24, 2.45) is 5.41 Å². The lowest BCUT2D eigenvalue weighted by Gasteiger charge is -2.36. The van der Waals surface area contributed by atoms with Crippen molar-refractivity contribution < 1.29 is 17.9 Å². The molecule has 1 fully saturated rings. The van der Waals surface area contributed by atoms with E-state index >= 15 is 0 Å². The fraction of sp³-hybridized carbons (Fsp3) is 0.600. The van der Waals surface area contributed by atoms with Gasteiger partial charge in [0.05, 0.1) is 0 Å². The maximum Gasteiger partial charge on any atom is 0.573 e. The first kappa shape index (κ1) is 15.0. The molecule has 0 saturated heterocycles. The summed E-state index contributed by atoms with van der Waals surface area (Å²) in [4.78, 5) is 0. The van der Waals surface area contributed by atoms with Gasteiger partial charge in [-0.2, -0.15) is 0 Å². The van der Waals surface area contributed by atoms with Crippen LogP contribution in [0.2, 0.25) is 0 Å². The largest absolute Gasteiger partial charge is 0.573 e. The highest BCUT2D eigenvalue weighted by Crippen LogP contribution is 2.36. The van der Waals surface area contributed by atoms with Crippen LogP contribution in [0.1, 0.15) is 39.5 Å². The standard InChI is InChI=1S/C15H20F3NO/c1-14(2)8-4-6-12(10-14)19-11-5-3-7-13(9-11)20-15(16,17)18/h3,5,7,9,12,19H,4,6,8,10H2,1-2H3. The Morgan fingerprint density at radius 3 is 2.70 bits per heavy atom. The van der Waals surface area contributed by atoms with Gasteiger partial charge in [-0.25, -0.2) is 0 Å². The van der Waals surface area contributed by atoms with Crippen LogP contribution < -0.4 is 10.1 Å². The predicted molar refractivity (Wildman–Crippen MR) is 72.8 cm³/mol. The van der Waals surface area contributed by atoms with Gasteiger partial charge in [-0.3, -0.25) is 0 Å². The molecular weight excluding hydrogens is 267 g/mol. The molecule has 1 aromatic rings. The minimum Gasteiger partial charge on any atom is -0.406 e. The van der Waals surface area contributed by atoms with Crippen LogP contribution in [0.15, 0.2) is 24.3 Å². The summed E-state index contributed by atoms with van der Waals surface area (Å²) in [5.41, 5.74) is 0.963. The van der Waals surface area contributed by atoms with Crippen molar-refractivity contribution in [1.82, 2.24) is 0 Å². The van der Waals surface area contributed by atoms with E-state index in [4.69, 9.17) is 0 Å². The van der Waals surface area contributed by atoms with Gasteiger partial charge < -0.3 is 10.1 Å². The molecule has 1 aromatic carbocycles. The van der Waals surface area contributed by atoms with E-state index in [9.17, 15) is 13.2 Å². The number of alkyl halides is 3. The van der Waals surface area contributed by atoms with Crippen LogP contribution in [0.3, 0.4) is 0 Å². The van der Waals surface area contributed by atoms with Gasteiger partial charge >= 0.3 is 6.36 Å². The molecule has 112 valence electrons. The predicted octanol–water partition coefficient (Wildman–Crippen LogP) is 4.97. The van der Waals surface area contributed by atoms with E-state index in [1.165, 1.54) is 18.6 Å². The third-order valence-electron chi connectivity index (χ3n) is 3.64. The van der Waals surface area contributed by atoms with Gasteiger partial charge in [-0.05, 0) is 36.8 Å². The van der Waals surface area contributed by atoms with Gasteiger partial charge in [0, 0.05) is 17.8 Å². The Morgan fingerprint density at radius 2 is 2.05 bits per heavy atom. The number of halogens is 3. The molecule has 1 atom stereocenters. The summed E-state index contributed by atoms with van der Waals surface area (Å²) < 4.78 is 40.5. The van der Waals surface area contributed by atoms with Crippen LogP contribution in [-0.4, -0.2) is 12.4 Å². The molecule has 0 aliphatic heterocycles. The summed E-state index contributed by atoms with van der Waals surface area (Å²) in [6.07, 6.45) is -0.234. The molecule has 1 N–H and O–H groups in total. The second-order valence-electron chi connectivity index (χ2n) is 6.18. The summed E-state index contributed by atoms with van der Waals surface area (Å²) in [5.74, 6) is -0.183. The van der Waals surface area contributed by atoms with Gasteiger partial charge in [-0.15, -0.1) is 13.2 Å². The minimum atomic E-state index is -4.65. The van der Waals surface area contributed by atoms with Crippen molar-refractivity contribution >= 4 is 5.69 Å². The Morgan fingerprint density at radius 1 is 1.30 bits per heavy atom. The van der Waals surface area contributed by atoms with Crippen LogP contribution >= 0.6 is 0 Å². The molecule has 1 unspecified atom stereocenters. The molecule has 2 nitrogen and oxygen atoms in total. The average molecular weight is 287 g/mol. The fourth-order valence-corrected chi connectivity index (χ4v) is 2.84. The van der Waals surface area contributed by atoms with Crippen molar-refractivity contribution in [1.29, 1.82) is 0 Å². The summed E-state index contributed by atoms with van der Waals surface area (Å²) in [5, 5.41) is 3.32. The van der Waals surface area contributed by atoms with Crippen molar-refractivity contribution in [2.75, 3.05) is 5.32 Å². The molecule has 0 aromatic heterocycles. The summed E-state index contributed by atoms with van der Waals surface area (Å²) in [6, 6.07) is 6.35. The van der Waals surface area contributed by atoms with E-state index in [2.05, 4.69) is 23.9 Å². The van der Waals surface area contributed by atoms with E-state index < -0.39 is 6.36 Å². The highest BCUT2D eigenvalue weighted by Gasteiger charge is 2.31. The molecule has 0 radical (unpaired) electrons. The molecule has 0 bridgehead atoms. The molecule has 0 heterocycles. The number of benzene rings is 1. The molecule has 1 saturated carbocycles. The zero-order valence-corrected chi connectivity index (χ0v) is 11.8. The lowest BCUT2D eigenvalue weighted by atomic mass is 9.75. The minimum absolute atomic E-state index is 0.183. The fourth-order valence-electron chi connectivity index (χ4n) is 2.84. The van der Waals surface area contributed by atoms with Gasteiger partial charge in [0.1, 0.15) is 5.75 Å². The molecule has 20 heavy (non-hydrogen) atoms. The highest BCUT2D eigenvalue weighted by molar-refractivity contribution is 5.49. The number of hydrogen-bond acceptors (Lipinski definition) is 2. The molecule has 5 heteroatoms. The maximum absolute atomic E-state index is 12.2. The quantitative estimate of drug-likeness (QED) is 0.847. The normalized spacial score (nSPS) is 22.4. The Kier molecular flexibility index (Phi) is 4.16. The van der Waals surface area contributed by atoms with E-state index in [1.54, 1.807) is 12.1 Å². The van der Waals surface area contributed by atoms with Crippen LogP contribution in [-0.2, 0) is 0 Å². The van der Waals surface area contributed by atoms with Crippen LogP contribution in [0.5, 0.6) is 5.75 Å². The van der Waals surface area contributed by atoms with E-state index in [0.29, 0.717) is 11.7 Å². The third kappa shape index (κ3) is 4.62. The smallest absolute Gasteiger partial charge is 0.406 e. The SMILES string of the molecule is CC1(C)CCCC(Nc2cccc(OC(F)(F)F)c2)C1. The lowest BCUT2D eigenvalue weighted by molar-refractivity contribution is -0.274. The first-order valence-corrected chi connectivity index (χ1v) is 6.86. The van der Waals surface area contributed by atoms with Crippen molar-refractivity contribution in [3.05, 3.63) is 24.3 Å². The number of hydrogen-bond donors (Lipinski definition) is 1.